The first-order chi connectivity index (χ1) is 14.4. The molecule has 1 aliphatic heterocycles. The molecule has 2 aromatic rings. The summed E-state index contributed by atoms with van der Waals surface area (Å²) >= 11 is 0. The Bertz CT molecular complexity index is 900. The van der Waals surface area contributed by atoms with E-state index in [1.165, 1.54) is 14.2 Å². The molecule has 2 aromatic carbocycles. The van der Waals surface area contributed by atoms with Gasteiger partial charge in [-0.2, -0.15) is 0 Å². The molecule has 0 aliphatic carbocycles. The zero-order valence-electron chi connectivity index (χ0n) is 17.4. The third-order valence-electron chi connectivity index (χ3n) is 5.39. The molecule has 30 heavy (non-hydrogen) atoms. The highest BCUT2D eigenvalue weighted by atomic mass is 16.6. The highest BCUT2D eigenvalue weighted by molar-refractivity contribution is 5.82. The van der Waals surface area contributed by atoms with Gasteiger partial charge in [-0.05, 0) is 41.8 Å². The van der Waals surface area contributed by atoms with Crippen LogP contribution in [-0.2, 0) is 22.4 Å². The summed E-state index contributed by atoms with van der Waals surface area (Å²) in [5.74, 6) is 0.237. The summed E-state index contributed by atoms with van der Waals surface area (Å²) < 4.78 is 26.1. The molecule has 1 aliphatic rings. The number of phenolic OH excluding ortho intramolecular Hbond substituents is 1. The number of benzene rings is 2. The number of phenols is 1. The number of aliphatic hydroxyl groups is 1. The lowest BCUT2D eigenvalue weighted by Crippen LogP contribution is -2.44. The van der Waals surface area contributed by atoms with Crippen LogP contribution in [0.1, 0.15) is 11.1 Å². The van der Waals surface area contributed by atoms with Gasteiger partial charge >= 0.3 is 5.97 Å². The van der Waals surface area contributed by atoms with Crippen LogP contribution in [0.4, 0.5) is 0 Å². The van der Waals surface area contributed by atoms with E-state index in [9.17, 15) is 15.0 Å². The van der Waals surface area contributed by atoms with Gasteiger partial charge in [0.15, 0.2) is 28.6 Å². The fraction of sp³-hybridized carbons (Fsp3) is 0.409. The summed E-state index contributed by atoms with van der Waals surface area (Å²) in [6.07, 6.45) is 0.381. The molecule has 2 atom stereocenters. The summed E-state index contributed by atoms with van der Waals surface area (Å²) in [4.78, 5) is 12.5. The van der Waals surface area contributed by atoms with Crippen molar-refractivity contribution < 1.29 is 38.7 Å². The van der Waals surface area contributed by atoms with Crippen molar-refractivity contribution in [2.75, 3.05) is 35.0 Å². The van der Waals surface area contributed by atoms with Gasteiger partial charge in [-0.3, -0.25) is 0 Å². The number of aromatic hydroxyl groups is 1. The minimum atomic E-state index is -1.74. The van der Waals surface area contributed by atoms with Crippen LogP contribution in [0.3, 0.4) is 0 Å². The van der Waals surface area contributed by atoms with Crippen LogP contribution in [0.5, 0.6) is 28.7 Å². The van der Waals surface area contributed by atoms with E-state index >= 15 is 0 Å². The fourth-order valence-corrected chi connectivity index (χ4v) is 3.70. The lowest BCUT2D eigenvalue weighted by Gasteiger charge is -2.26. The molecule has 1 saturated heterocycles. The molecule has 1 fully saturated rings. The molecule has 0 bridgehead atoms. The summed E-state index contributed by atoms with van der Waals surface area (Å²) in [5, 5.41) is 21.4. The van der Waals surface area contributed by atoms with Gasteiger partial charge in [-0.1, -0.05) is 6.07 Å². The molecule has 0 amide bonds. The molecular weight excluding hydrogens is 392 g/mol. The maximum Gasteiger partial charge on any atom is 0.338 e. The van der Waals surface area contributed by atoms with Gasteiger partial charge in [0.25, 0.3) is 0 Å². The molecule has 3 rings (SSSR count). The van der Waals surface area contributed by atoms with Crippen LogP contribution in [0, 0.1) is 5.92 Å². The predicted octanol–water partition coefficient (Wildman–Crippen LogP) is 2.12. The van der Waals surface area contributed by atoms with Crippen molar-refractivity contribution in [2.24, 2.45) is 5.92 Å². The Morgan fingerprint density at radius 3 is 2.07 bits per heavy atom. The van der Waals surface area contributed by atoms with E-state index in [1.807, 2.05) is 12.1 Å². The van der Waals surface area contributed by atoms with Crippen molar-refractivity contribution in [3.63, 3.8) is 0 Å². The first-order valence-electron chi connectivity index (χ1n) is 9.40. The Morgan fingerprint density at radius 1 is 0.933 bits per heavy atom. The Labute approximate surface area is 174 Å². The van der Waals surface area contributed by atoms with Crippen LogP contribution >= 0.6 is 0 Å². The smallest absolute Gasteiger partial charge is 0.338 e. The van der Waals surface area contributed by atoms with Crippen molar-refractivity contribution in [1.29, 1.82) is 0 Å². The Balaban J connectivity index is 1.89. The predicted molar refractivity (Wildman–Crippen MR) is 108 cm³/mol. The first kappa shape index (κ1) is 21.6. The number of ether oxygens (including phenoxy) is 5. The van der Waals surface area contributed by atoms with E-state index in [1.54, 1.807) is 32.4 Å². The van der Waals surface area contributed by atoms with Crippen LogP contribution in [-0.4, -0.2) is 56.8 Å². The van der Waals surface area contributed by atoms with Crippen LogP contribution in [0.2, 0.25) is 0 Å². The van der Waals surface area contributed by atoms with Crippen molar-refractivity contribution in [1.82, 2.24) is 0 Å². The van der Waals surface area contributed by atoms with E-state index in [0.717, 1.165) is 5.56 Å². The van der Waals surface area contributed by atoms with E-state index < -0.39 is 17.5 Å². The zero-order valence-corrected chi connectivity index (χ0v) is 17.4. The summed E-state index contributed by atoms with van der Waals surface area (Å²) in [6.45, 7) is 0.0933. The Kier molecular flexibility index (Phi) is 6.26. The molecule has 0 saturated carbocycles. The SMILES string of the molecule is COc1ccc(C[C@H]2COC(=O)[C@]2(O)Cc2cc(OC)c(O)c(OC)c2)cc1OC. The molecule has 0 unspecified atom stereocenters. The second-order valence-corrected chi connectivity index (χ2v) is 7.14. The average molecular weight is 418 g/mol. The number of hydrogen-bond acceptors (Lipinski definition) is 8. The molecule has 162 valence electrons. The minimum absolute atomic E-state index is 0.0171. The first-order valence-corrected chi connectivity index (χ1v) is 9.40. The highest BCUT2D eigenvalue weighted by Crippen LogP contribution is 2.40. The number of esters is 1. The van der Waals surface area contributed by atoms with E-state index in [0.29, 0.717) is 23.5 Å². The number of carbonyl (C=O) groups excluding carboxylic acids is 1. The van der Waals surface area contributed by atoms with Gasteiger partial charge < -0.3 is 33.9 Å². The number of rotatable bonds is 8. The number of cyclic esters (lactones) is 1. The molecule has 0 spiro atoms. The normalized spacial score (nSPS) is 20.6. The van der Waals surface area contributed by atoms with Crippen LogP contribution in [0.25, 0.3) is 0 Å². The van der Waals surface area contributed by atoms with E-state index in [-0.39, 0.29) is 30.3 Å². The lowest BCUT2D eigenvalue weighted by molar-refractivity contribution is -0.154. The van der Waals surface area contributed by atoms with Gasteiger partial charge in [0.2, 0.25) is 5.75 Å². The van der Waals surface area contributed by atoms with Gasteiger partial charge in [-0.25, -0.2) is 4.79 Å². The lowest BCUT2D eigenvalue weighted by atomic mass is 9.80. The third kappa shape index (κ3) is 3.95. The fourth-order valence-electron chi connectivity index (χ4n) is 3.70. The largest absolute Gasteiger partial charge is 0.502 e. The topological polar surface area (TPSA) is 104 Å². The van der Waals surface area contributed by atoms with Gasteiger partial charge in [0.1, 0.15) is 0 Å². The Morgan fingerprint density at radius 2 is 1.50 bits per heavy atom. The summed E-state index contributed by atoms with van der Waals surface area (Å²) in [7, 11) is 5.93. The van der Waals surface area contributed by atoms with E-state index in [4.69, 9.17) is 23.7 Å². The summed E-state index contributed by atoms with van der Waals surface area (Å²) in [6, 6.07) is 8.58. The molecule has 0 radical (unpaired) electrons. The second-order valence-electron chi connectivity index (χ2n) is 7.14. The number of hydrogen-bond donors (Lipinski definition) is 2. The Hall–Kier alpha value is -3.13. The molecule has 1 heterocycles. The monoisotopic (exact) mass is 418 g/mol. The molecular formula is C22H26O8. The maximum absolute atomic E-state index is 12.5. The van der Waals surface area contributed by atoms with Gasteiger partial charge in [-0.15, -0.1) is 0 Å². The zero-order chi connectivity index (χ0) is 21.9. The molecule has 0 aromatic heterocycles. The van der Waals surface area contributed by atoms with Gasteiger partial charge in [0.05, 0.1) is 35.0 Å². The van der Waals surface area contributed by atoms with Crippen molar-refractivity contribution in [3.8, 4) is 28.7 Å². The quantitative estimate of drug-likeness (QED) is 0.629. The minimum Gasteiger partial charge on any atom is -0.502 e. The maximum atomic E-state index is 12.5. The second kappa shape index (κ2) is 8.71. The van der Waals surface area contributed by atoms with E-state index in [2.05, 4.69) is 0 Å². The highest BCUT2D eigenvalue weighted by Gasteiger charge is 2.51. The average Bonchev–Trinajstić information content (AvgIpc) is 3.02. The standard InChI is InChI=1S/C22H26O8/c1-26-16-6-5-13(8-17(16)27-2)7-15-12-30-21(24)22(15,25)11-14-9-18(28-3)20(23)19(10-14)29-4/h5-6,8-10,15,23,25H,7,11-12H2,1-4H3/t15-,22-/m0/s1. The molecule has 2 N–H and O–H groups in total. The molecule has 8 nitrogen and oxygen atoms in total. The van der Waals surface area contributed by atoms with Crippen molar-refractivity contribution in [2.45, 2.75) is 18.4 Å². The number of carbonyl (C=O) groups is 1. The third-order valence-corrected chi connectivity index (χ3v) is 5.39. The van der Waals surface area contributed by atoms with Crippen molar-refractivity contribution >= 4 is 5.97 Å². The van der Waals surface area contributed by atoms with Gasteiger partial charge in [0, 0.05) is 12.3 Å². The number of methoxy groups -OCH3 is 4. The van der Waals surface area contributed by atoms with Crippen LogP contribution in [0.15, 0.2) is 30.3 Å². The summed E-state index contributed by atoms with van der Waals surface area (Å²) in [5.41, 5.74) is -0.296. The van der Waals surface area contributed by atoms with Crippen molar-refractivity contribution in [3.05, 3.63) is 41.5 Å². The van der Waals surface area contributed by atoms with Crippen LogP contribution < -0.4 is 18.9 Å². The molecule has 8 heteroatoms.